The minimum atomic E-state index is -1.33. The second-order valence-electron chi connectivity index (χ2n) is 10.0. The van der Waals surface area contributed by atoms with Crippen molar-refractivity contribution < 1.29 is 34.0 Å². The summed E-state index contributed by atoms with van der Waals surface area (Å²) in [6, 6.07) is 8.41. The minimum absolute atomic E-state index is 0.0434. The van der Waals surface area contributed by atoms with Crippen molar-refractivity contribution >= 4 is 40.9 Å². The molecule has 0 aliphatic carbocycles. The molecule has 4 atom stereocenters. The van der Waals surface area contributed by atoms with Gasteiger partial charge in [-0.25, -0.2) is 0 Å². The molecule has 5 rings (SSSR count). The van der Waals surface area contributed by atoms with Gasteiger partial charge in [0.25, 0.3) is 5.91 Å². The van der Waals surface area contributed by atoms with Crippen LogP contribution in [0, 0.1) is 18.8 Å². The zero-order valence-electron chi connectivity index (χ0n) is 21.4. The molecule has 2 saturated heterocycles. The first-order valence-corrected chi connectivity index (χ1v) is 12.8. The molecule has 5 N–H and O–H groups in total. The number of fused-ring (bicyclic) bond motifs is 4. The van der Waals surface area contributed by atoms with Gasteiger partial charge in [-0.05, 0) is 48.7 Å². The van der Waals surface area contributed by atoms with Gasteiger partial charge in [0.05, 0.1) is 19.9 Å². The number of amides is 4. The number of nitrogens with two attached hydrogens (primary N) is 2. The number of nitrogens with one attached hydrogen (secondary N) is 1. The highest BCUT2D eigenvalue weighted by atomic mass is 35.5. The third kappa shape index (κ3) is 3.82. The molecule has 0 aromatic heterocycles. The van der Waals surface area contributed by atoms with E-state index in [1.165, 1.54) is 12.0 Å². The van der Waals surface area contributed by atoms with Crippen LogP contribution in [0.15, 0.2) is 30.3 Å². The lowest BCUT2D eigenvalue weighted by Crippen LogP contribution is -2.99. The highest BCUT2D eigenvalue weighted by Gasteiger charge is 2.74. The average molecular weight is 542 g/mol. The molecule has 1 spiro atoms. The molecular formula is C27H30ClN4O6+. The molecule has 0 radical (unpaired) electrons. The SMILES string of the molecule is COc1ccc(CCN2C(=O)[C@@H]3[C@H](CCC(N)=O)[NH2+][C@]4(C(=O)Nc5c4ccc(Cl)c5C)[C@@H]3C2=O)cc1OC. The quantitative estimate of drug-likeness (QED) is 0.423. The number of hydrogen-bond acceptors (Lipinski definition) is 6. The van der Waals surface area contributed by atoms with Crippen LogP contribution in [0.3, 0.4) is 0 Å². The number of primary amides is 1. The number of hydrogen-bond donors (Lipinski definition) is 3. The van der Waals surface area contributed by atoms with Crippen LogP contribution in [-0.2, 0) is 31.1 Å². The fraction of sp³-hybridized carbons (Fsp3) is 0.407. The van der Waals surface area contributed by atoms with E-state index in [4.69, 9.17) is 26.8 Å². The van der Waals surface area contributed by atoms with Gasteiger partial charge in [0.1, 0.15) is 17.9 Å². The molecule has 0 bridgehead atoms. The lowest BCUT2D eigenvalue weighted by atomic mass is 9.76. The molecule has 0 saturated carbocycles. The number of imide groups is 1. The smallest absolute Gasteiger partial charge is 0.291 e. The number of likely N-dealkylation sites (tertiary alicyclic amines) is 1. The third-order valence-electron chi connectivity index (χ3n) is 8.13. The summed E-state index contributed by atoms with van der Waals surface area (Å²) in [4.78, 5) is 54.2. The van der Waals surface area contributed by atoms with Gasteiger partial charge in [0, 0.05) is 30.0 Å². The Morgan fingerprint density at radius 3 is 2.55 bits per heavy atom. The van der Waals surface area contributed by atoms with E-state index in [0.717, 1.165) is 5.56 Å². The van der Waals surface area contributed by atoms with E-state index in [1.54, 1.807) is 37.5 Å². The summed E-state index contributed by atoms with van der Waals surface area (Å²) in [6.07, 6.45) is 0.717. The highest BCUT2D eigenvalue weighted by Crippen LogP contribution is 2.51. The monoisotopic (exact) mass is 541 g/mol. The Hall–Kier alpha value is -3.63. The van der Waals surface area contributed by atoms with Crippen LogP contribution in [-0.4, -0.2) is 55.3 Å². The van der Waals surface area contributed by atoms with E-state index >= 15 is 0 Å². The van der Waals surface area contributed by atoms with Crippen LogP contribution in [0.5, 0.6) is 11.5 Å². The first-order valence-electron chi connectivity index (χ1n) is 12.5. The van der Waals surface area contributed by atoms with Crippen molar-refractivity contribution in [3.63, 3.8) is 0 Å². The van der Waals surface area contributed by atoms with Gasteiger partial charge in [0.15, 0.2) is 11.5 Å². The molecule has 0 unspecified atom stereocenters. The van der Waals surface area contributed by atoms with Gasteiger partial charge < -0.3 is 25.8 Å². The number of quaternary nitrogens is 1. The number of halogens is 1. The van der Waals surface area contributed by atoms with Crippen LogP contribution in [0.1, 0.15) is 29.5 Å². The number of carbonyl (C=O) groups excluding carboxylic acids is 4. The van der Waals surface area contributed by atoms with Crippen molar-refractivity contribution in [1.29, 1.82) is 0 Å². The van der Waals surface area contributed by atoms with Gasteiger partial charge in [-0.3, -0.25) is 24.1 Å². The Balaban J connectivity index is 1.50. The molecular weight excluding hydrogens is 512 g/mol. The van der Waals surface area contributed by atoms with E-state index < -0.39 is 35.2 Å². The van der Waals surface area contributed by atoms with Gasteiger partial charge in [-0.1, -0.05) is 17.7 Å². The molecule has 11 heteroatoms. The highest BCUT2D eigenvalue weighted by molar-refractivity contribution is 6.32. The normalized spacial score (nSPS) is 25.5. The maximum absolute atomic E-state index is 13.9. The molecule has 200 valence electrons. The summed E-state index contributed by atoms with van der Waals surface area (Å²) in [5, 5.41) is 5.20. The number of benzene rings is 2. The molecule has 3 aliphatic heterocycles. The molecule has 2 aromatic carbocycles. The van der Waals surface area contributed by atoms with Crippen LogP contribution in [0.4, 0.5) is 5.69 Å². The second kappa shape index (κ2) is 9.59. The topological polar surface area (TPSA) is 145 Å². The molecule has 38 heavy (non-hydrogen) atoms. The Kier molecular flexibility index (Phi) is 6.56. The van der Waals surface area contributed by atoms with E-state index in [9.17, 15) is 19.2 Å². The van der Waals surface area contributed by atoms with Crippen molar-refractivity contribution in [3.05, 3.63) is 52.0 Å². The number of ether oxygens (including phenoxy) is 2. The van der Waals surface area contributed by atoms with E-state index in [-0.39, 0.29) is 31.2 Å². The number of methoxy groups -OCH3 is 2. The van der Waals surface area contributed by atoms with E-state index in [2.05, 4.69) is 5.32 Å². The Bertz CT molecular complexity index is 1360. The number of rotatable bonds is 8. The standard InChI is InChI=1S/C27H29ClN4O6/c1-13-16(28)6-5-15-23(13)30-26(36)27(15)22-21(17(31-27)7-9-20(29)33)24(34)32(25(22)35)11-10-14-4-8-18(37-2)19(12-14)38-3/h4-6,8,12,17,21-22,31H,7,9-11H2,1-3H3,(H2,29,33)(H,30,36)/p+1/t17-,21+,22-,27-/m0/s1. The number of nitrogens with zero attached hydrogens (tertiary/aromatic N) is 1. The second-order valence-corrected chi connectivity index (χ2v) is 10.4. The first-order chi connectivity index (χ1) is 18.1. The summed E-state index contributed by atoms with van der Waals surface area (Å²) in [5.74, 6) is -2.15. The molecule has 2 aromatic rings. The Morgan fingerprint density at radius 2 is 1.87 bits per heavy atom. The van der Waals surface area contributed by atoms with Gasteiger partial charge in [0.2, 0.25) is 23.3 Å². The molecule has 2 fully saturated rings. The summed E-state index contributed by atoms with van der Waals surface area (Å²) in [7, 11) is 3.09. The largest absolute Gasteiger partial charge is 0.493 e. The Morgan fingerprint density at radius 1 is 1.13 bits per heavy atom. The number of anilines is 1. The minimum Gasteiger partial charge on any atom is -0.493 e. The van der Waals surface area contributed by atoms with E-state index in [0.29, 0.717) is 39.8 Å². The summed E-state index contributed by atoms with van der Waals surface area (Å²) < 4.78 is 10.7. The molecule has 3 heterocycles. The molecule has 3 aliphatic rings. The van der Waals surface area contributed by atoms with Gasteiger partial charge in [-0.2, -0.15) is 0 Å². The van der Waals surface area contributed by atoms with Crippen molar-refractivity contribution in [2.75, 3.05) is 26.1 Å². The lowest BCUT2D eigenvalue weighted by Gasteiger charge is -2.26. The fourth-order valence-electron chi connectivity index (χ4n) is 6.28. The van der Waals surface area contributed by atoms with Crippen LogP contribution >= 0.6 is 11.6 Å². The predicted molar refractivity (Wildman–Crippen MR) is 138 cm³/mol. The van der Waals surface area contributed by atoms with Crippen LogP contribution in [0.25, 0.3) is 0 Å². The third-order valence-corrected chi connectivity index (χ3v) is 8.54. The average Bonchev–Trinajstić information content (AvgIpc) is 3.48. The Labute approximate surface area is 224 Å². The van der Waals surface area contributed by atoms with Crippen molar-refractivity contribution in [1.82, 2.24) is 4.90 Å². The zero-order chi connectivity index (χ0) is 27.4. The molecule has 4 amide bonds. The van der Waals surface area contributed by atoms with Crippen molar-refractivity contribution in [2.45, 2.75) is 37.8 Å². The maximum Gasteiger partial charge on any atom is 0.291 e. The predicted octanol–water partition coefficient (Wildman–Crippen LogP) is 0.868. The maximum atomic E-state index is 13.9. The first kappa shape index (κ1) is 26.0. The fourth-order valence-corrected chi connectivity index (χ4v) is 6.44. The van der Waals surface area contributed by atoms with Crippen LogP contribution < -0.4 is 25.8 Å². The van der Waals surface area contributed by atoms with Gasteiger partial charge >= 0.3 is 0 Å². The number of carbonyl (C=O) groups is 4. The van der Waals surface area contributed by atoms with Gasteiger partial charge in [-0.15, -0.1) is 0 Å². The summed E-state index contributed by atoms with van der Waals surface area (Å²) in [6.45, 7) is 1.95. The summed E-state index contributed by atoms with van der Waals surface area (Å²) in [5.41, 5.74) is 6.83. The zero-order valence-corrected chi connectivity index (χ0v) is 22.1. The lowest BCUT2D eigenvalue weighted by molar-refractivity contribution is -0.734. The summed E-state index contributed by atoms with van der Waals surface area (Å²) >= 11 is 6.32. The van der Waals surface area contributed by atoms with Crippen molar-refractivity contribution in [3.8, 4) is 11.5 Å². The molecule has 10 nitrogen and oxygen atoms in total. The van der Waals surface area contributed by atoms with Crippen LogP contribution in [0.2, 0.25) is 5.02 Å². The van der Waals surface area contributed by atoms with Crippen molar-refractivity contribution in [2.24, 2.45) is 17.6 Å². The van der Waals surface area contributed by atoms with E-state index in [1.807, 2.05) is 12.1 Å².